The monoisotopic (exact) mass is 535 g/mol. The fourth-order valence-corrected chi connectivity index (χ4v) is 5.10. The molecule has 0 spiro atoms. The molecule has 1 amide bonds. The molecule has 1 aliphatic rings. The van der Waals surface area contributed by atoms with E-state index in [0.717, 1.165) is 60.0 Å². The summed E-state index contributed by atoms with van der Waals surface area (Å²) in [5.41, 5.74) is 2.15. The van der Waals surface area contributed by atoms with E-state index in [1.165, 1.54) is 0 Å². The first-order valence-electron chi connectivity index (χ1n) is 12.3. The van der Waals surface area contributed by atoms with E-state index in [1.54, 1.807) is 11.3 Å². The van der Waals surface area contributed by atoms with Crippen molar-refractivity contribution in [1.29, 1.82) is 0 Å². The third kappa shape index (κ3) is 7.19. The van der Waals surface area contributed by atoms with Gasteiger partial charge in [-0.15, -0.1) is 11.3 Å². The molecule has 10 heteroatoms. The summed E-state index contributed by atoms with van der Waals surface area (Å²) in [4.78, 5) is 38.9. The number of para-hydroxylation sites is 3. The molecule has 2 aromatic carbocycles. The minimum Gasteiger partial charge on any atom is -0.486 e. The number of aliphatic carboxylic acids is 2. The second kappa shape index (κ2) is 12.9. The molecule has 3 heterocycles. The maximum absolute atomic E-state index is 12.6. The highest BCUT2D eigenvalue weighted by Crippen LogP contribution is 2.25. The number of likely N-dealkylation sites (tertiary alicyclic amines) is 1. The van der Waals surface area contributed by atoms with Gasteiger partial charge in [-0.3, -0.25) is 4.79 Å². The number of aromatic nitrogens is 2. The zero-order valence-corrected chi connectivity index (χ0v) is 21.5. The van der Waals surface area contributed by atoms with Gasteiger partial charge < -0.3 is 24.4 Å². The Morgan fingerprint density at radius 1 is 0.921 bits per heavy atom. The topological polar surface area (TPSA) is 122 Å². The summed E-state index contributed by atoms with van der Waals surface area (Å²) in [7, 11) is 0. The number of carboxylic acid groups (broad SMARTS) is 2. The Morgan fingerprint density at radius 2 is 1.61 bits per heavy atom. The number of nitrogens with zero attached hydrogens (tertiary/aromatic N) is 3. The largest absolute Gasteiger partial charge is 0.486 e. The Labute approximate surface area is 223 Å². The van der Waals surface area contributed by atoms with E-state index in [9.17, 15) is 4.79 Å². The number of carbonyl (C=O) groups excluding carboxylic acids is 1. The highest BCUT2D eigenvalue weighted by atomic mass is 32.1. The van der Waals surface area contributed by atoms with E-state index in [1.807, 2.05) is 58.8 Å². The molecule has 1 aliphatic heterocycles. The number of rotatable bonds is 7. The van der Waals surface area contributed by atoms with E-state index < -0.39 is 11.9 Å². The van der Waals surface area contributed by atoms with Crippen molar-refractivity contribution in [3.8, 4) is 5.75 Å². The van der Waals surface area contributed by atoms with Gasteiger partial charge >= 0.3 is 11.9 Å². The summed E-state index contributed by atoms with van der Waals surface area (Å²) in [6, 6.07) is 22.2. The molecule has 0 atom stereocenters. The number of thiophene rings is 1. The molecule has 4 aromatic rings. The zero-order chi connectivity index (χ0) is 26.9. The number of amides is 1. The van der Waals surface area contributed by atoms with Crippen LogP contribution in [0.2, 0.25) is 0 Å². The van der Waals surface area contributed by atoms with Gasteiger partial charge in [0.25, 0.3) is 0 Å². The highest BCUT2D eigenvalue weighted by Gasteiger charge is 2.24. The summed E-state index contributed by atoms with van der Waals surface area (Å²) in [6.07, 6.45) is 2.55. The van der Waals surface area contributed by atoms with Crippen LogP contribution < -0.4 is 4.74 Å². The number of hydrogen-bond acceptors (Lipinski definition) is 6. The van der Waals surface area contributed by atoms with Gasteiger partial charge in [0.05, 0.1) is 17.5 Å². The first-order valence-corrected chi connectivity index (χ1v) is 13.2. The summed E-state index contributed by atoms with van der Waals surface area (Å²) < 4.78 is 8.33. The molecule has 0 unspecified atom stereocenters. The van der Waals surface area contributed by atoms with Crippen LogP contribution in [0.15, 0.2) is 72.1 Å². The Hall–Kier alpha value is -4.18. The molecule has 2 N–H and O–H groups in total. The first kappa shape index (κ1) is 26.9. The van der Waals surface area contributed by atoms with Crippen molar-refractivity contribution in [2.75, 3.05) is 13.1 Å². The third-order valence-electron chi connectivity index (χ3n) is 6.34. The standard InChI is InChI=1S/C26H27N3O2S.C2H2O4/c30-26(17-22-9-6-16-32-22)28-14-12-20(13-15-28)18-29-24-11-5-4-10-23(24)27-25(29)19-31-21-7-2-1-3-8-21;3-1(4)2(5)6/h1-11,16,20H,12-15,17-19H2;(H,3,4)(H,5,6). The Kier molecular flexibility index (Phi) is 9.10. The number of carboxylic acids is 2. The average molecular weight is 536 g/mol. The maximum Gasteiger partial charge on any atom is 0.414 e. The lowest BCUT2D eigenvalue weighted by Crippen LogP contribution is -2.40. The van der Waals surface area contributed by atoms with Crippen LogP contribution in [-0.2, 0) is 34.0 Å². The number of hydrogen-bond donors (Lipinski definition) is 2. The van der Waals surface area contributed by atoms with E-state index in [2.05, 4.69) is 22.8 Å². The normalized spacial score (nSPS) is 13.5. The lowest BCUT2D eigenvalue weighted by Gasteiger charge is -2.32. The zero-order valence-electron chi connectivity index (χ0n) is 20.7. The van der Waals surface area contributed by atoms with Gasteiger partial charge in [-0.1, -0.05) is 36.4 Å². The van der Waals surface area contributed by atoms with Gasteiger partial charge in [-0.25, -0.2) is 14.6 Å². The van der Waals surface area contributed by atoms with Crippen LogP contribution in [0.4, 0.5) is 0 Å². The first-order chi connectivity index (χ1) is 18.4. The smallest absolute Gasteiger partial charge is 0.414 e. The quantitative estimate of drug-likeness (QED) is 0.338. The molecule has 9 nitrogen and oxygen atoms in total. The SMILES string of the molecule is O=C(Cc1cccs1)N1CCC(Cn2c(COc3ccccc3)nc3ccccc32)CC1.O=C(O)C(=O)O. The molecule has 0 aliphatic carbocycles. The van der Waals surface area contributed by atoms with E-state index in [-0.39, 0.29) is 5.91 Å². The Morgan fingerprint density at radius 3 is 2.26 bits per heavy atom. The van der Waals surface area contributed by atoms with Crippen molar-refractivity contribution in [2.45, 2.75) is 32.4 Å². The lowest BCUT2D eigenvalue weighted by atomic mass is 9.96. The van der Waals surface area contributed by atoms with Gasteiger partial charge in [-0.05, 0) is 54.5 Å². The fraction of sp³-hybridized carbons (Fsp3) is 0.286. The average Bonchev–Trinajstić information content (AvgIpc) is 3.56. The lowest BCUT2D eigenvalue weighted by molar-refractivity contribution is -0.159. The van der Waals surface area contributed by atoms with Crippen LogP contribution in [0.1, 0.15) is 23.5 Å². The summed E-state index contributed by atoms with van der Waals surface area (Å²) in [6.45, 7) is 3.01. The van der Waals surface area contributed by atoms with E-state index in [4.69, 9.17) is 29.5 Å². The number of benzene rings is 2. The van der Waals surface area contributed by atoms with Crippen molar-refractivity contribution < 1.29 is 29.3 Å². The van der Waals surface area contributed by atoms with Crippen molar-refractivity contribution >= 4 is 40.2 Å². The van der Waals surface area contributed by atoms with Crippen molar-refractivity contribution in [1.82, 2.24) is 14.5 Å². The Bertz CT molecular complexity index is 1350. The van der Waals surface area contributed by atoms with Crippen molar-refractivity contribution in [3.63, 3.8) is 0 Å². The predicted octanol–water partition coefficient (Wildman–Crippen LogP) is 4.31. The third-order valence-corrected chi connectivity index (χ3v) is 7.22. The van der Waals surface area contributed by atoms with Crippen LogP contribution in [0, 0.1) is 5.92 Å². The highest BCUT2D eigenvalue weighted by molar-refractivity contribution is 7.10. The fourth-order valence-electron chi connectivity index (χ4n) is 4.40. The predicted molar refractivity (Wildman–Crippen MR) is 143 cm³/mol. The minimum atomic E-state index is -1.82. The van der Waals surface area contributed by atoms with Crippen LogP contribution in [0.5, 0.6) is 5.75 Å². The number of ether oxygens (including phenoxy) is 1. The number of carbonyl (C=O) groups is 3. The van der Waals surface area contributed by atoms with Crippen molar-refractivity contribution in [3.05, 3.63) is 82.8 Å². The maximum atomic E-state index is 12.6. The molecule has 0 saturated carbocycles. The van der Waals surface area contributed by atoms with Crippen LogP contribution >= 0.6 is 11.3 Å². The number of piperidine rings is 1. The molecule has 0 radical (unpaired) electrons. The van der Waals surface area contributed by atoms with E-state index in [0.29, 0.717) is 18.9 Å². The molecule has 1 saturated heterocycles. The van der Waals surface area contributed by atoms with Gasteiger partial charge in [-0.2, -0.15) is 0 Å². The van der Waals surface area contributed by atoms with E-state index >= 15 is 0 Å². The second-order valence-electron chi connectivity index (χ2n) is 8.92. The van der Waals surface area contributed by atoms with Gasteiger partial charge in [0.2, 0.25) is 5.91 Å². The molecule has 5 rings (SSSR count). The van der Waals surface area contributed by atoms with Gasteiger partial charge in [0, 0.05) is 24.5 Å². The number of fused-ring (bicyclic) bond motifs is 1. The molecular formula is C28H29N3O6S. The second-order valence-corrected chi connectivity index (χ2v) is 9.95. The molecule has 2 aromatic heterocycles. The van der Waals surface area contributed by atoms with Crippen LogP contribution in [0.3, 0.4) is 0 Å². The molecule has 198 valence electrons. The number of imidazole rings is 1. The summed E-state index contributed by atoms with van der Waals surface area (Å²) in [5.74, 6) is -1.08. The van der Waals surface area contributed by atoms with Crippen molar-refractivity contribution in [2.24, 2.45) is 5.92 Å². The van der Waals surface area contributed by atoms with Crippen LogP contribution in [-0.4, -0.2) is 55.6 Å². The van der Waals surface area contributed by atoms with Crippen LogP contribution in [0.25, 0.3) is 11.0 Å². The summed E-state index contributed by atoms with van der Waals surface area (Å²) in [5, 5.41) is 16.8. The Balaban J connectivity index is 0.000000505. The molecule has 1 fully saturated rings. The summed E-state index contributed by atoms with van der Waals surface area (Å²) >= 11 is 1.65. The van der Waals surface area contributed by atoms with Gasteiger partial charge in [0.15, 0.2) is 0 Å². The molecular weight excluding hydrogens is 506 g/mol. The molecule has 38 heavy (non-hydrogen) atoms. The minimum absolute atomic E-state index is 0.246. The molecule has 0 bridgehead atoms. The van der Waals surface area contributed by atoms with Gasteiger partial charge in [0.1, 0.15) is 18.2 Å².